The molecule has 0 saturated carbocycles. The molecule has 1 fully saturated rings. The predicted octanol–water partition coefficient (Wildman–Crippen LogP) is 2.25. The smallest absolute Gasteiger partial charge is 0.0431 e. The molecule has 0 atom stereocenters. The number of hydrogen-bond acceptors (Lipinski definition) is 3. The number of likely N-dealkylation sites (tertiary alicyclic amines) is 1. The van der Waals surface area contributed by atoms with E-state index < -0.39 is 0 Å². The van der Waals surface area contributed by atoms with Crippen LogP contribution in [-0.2, 0) is 0 Å². The van der Waals surface area contributed by atoms with Gasteiger partial charge in [-0.05, 0) is 58.0 Å². The van der Waals surface area contributed by atoms with Gasteiger partial charge in [-0.25, -0.2) is 0 Å². The molecular formula is C15H32N2O. The monoisotopic (exact) mass is 256 g/mol. The molecule has 0 aromatic heterocycles. The van der Waals surface area contributed by atoms with Crippen LogP contribution in [-0.4, -0.2) is 48.3 Å². The summed E-state index contributed by atoms with van der Waals surface area (Å²) in [6.45, 7) is 13.0. The van der Waals surface area contributed by atoms with Gasteiger partial charge in [0, 0.05) is 25.2 Å². The summed E-state index contributed by atoms with van der Waals surface area (Å²) in [5.74, 6) is 0. The molecule has 0 spiro atoms. The van der Waals surface area contributed by atoms with Gasteiger partial charge in [0.25, 0.3) is 0 Å². The molecule has 0 aromatic rings. The SMILES string of the molecule is CC(C)N1CCC(NCC(C)(C)CCCO)CC1. The molecule has 3 heteroatoms. The summed E-state index contributed by atoms with van der Waals surface area (Å²) in [7, 11) is 0. The summed E-state index contributed by atoms with van der Waals surface area (Å²) in [5.41, 5.74) is 0.303. The molecule has 1 rings (SSSR count). The molecule has 0 radical (unpaired) electrons. The molecule has 0 unspecified atom stereocenters. The van der Waals surface area contributed by atoms with Crippen molar-refractivity contribution < 1.29 is 5.11 Å². The van der Waals surface area contributed by atoms with E-state index in [2.05, 4.69) is 37.9 Å². The number of aliphatic hydroxyl groups is 1. The average Bonchev–Trinajstić information content (AvgIpc) is 2.35. The lowest BCUT2D eigenvalue weighted by molar-refractivity contribution is 0.152. The minimum absolute atomic E-state index is 0.303. The molecular weight excluding hydrogens is 224 g/mol. The van der Waals surface area contributed by atoms with Gasteiger partial charge in [-0.1, -0.05) is 13.8 Å². The first kappa shape index (κ1) is 15.9. The second-order valence-electron chi connectivity index (χ2n) is 6.78. The molecule has 1 heterocycles. The Morgan fingerprint density at radius 1 is 1.28 bits per heavy atom. The van der Waals surface area contributed by atoms with Crippen LogP contribution in [0.4, 0.5) is 0 Å². The number of nitrogens with zero attached hydrogens (tertiary/aromatic N) is 1. The molecule has 108 valence electrons. The van der Waals surface area contributed by atoms with Crippen molar-refractivity contribution in [1.29, 1.82) is 0 Å². The molecule has 1 aliphatic heterocycles. The van der Waals surface area contributed by atoms with Crippen molar-refractivity contribution in [3.63, 3.8) is 0 Å². The van der Waals surface area contributed by atoms with E-state index in [1.54, 1.807) is 0 Å². The molecule has 0 amide bonds. The second-order valence-corrected chi connectivity index (χ2v) is 6.78. The maximum atomic E-state index is 8.90. The molecule has 1 aliphatic rings. The van der Waals surface area contributed by atoms with Gasteiger partial charge in [-0.15, -0.1) is 0 Å². The fourth-order valence-electron chi connectivity index (χ4n) is 2.69. The first-order chi connectivity index (χ1) is 8.44. The highest BCUT2D eigenvalue weighted by Crippen LogP contribution is 2.22. The average molecular weight is 256 g/mol. The molecule has 18 heavy (non-hydrogen) atoms. The van der Waals surface area contributed by atoms with E-state index in [9.17, 15) is 0 Å². The van der Waals surface area contributed by atoms with Crippen molar-refractivity contribution >= 4 is 0 Å². The van der Waals surface area contributed by atoms with Gasteiger partial charge >= 0.3 is 0 Å². The normalized spacial score (nSPS) is 19.7. The summed E-state index contributed by atoms with van der Waals surface area (Å²) in [6, 6.07) is 1.38. The topological polar surface area (TPSA) is 35.5 Å². The van der Waals surface area contributed by atoms with E-state index in [1.165, 1.54) is 25.9 Å². The highest BCUT2D eigenvalue weighted by molar-refractivity contribution is 4.81. The maximum Gasteiger partial charge on any atom is 0.0431 e. The van der Waals surface area contributed by atoms with Crippen LogP contribution < -0.4 is 5.32 Å². The third-order valence-corrected chi connectivity index (χ3v) is 4.14. The van der Waals surface area contributed by atoms with Gasteiger partial charge in [0.1, 0.15) is 0 Å². The van der Waals surface area contributed by atoms with Crippen LogP contribution in [0.1, 0.15) is 53.4 Å². The van der Waals surface area contributed by atoms with Crippen molar-refractivity contribution in [2.24, 2.45) is 5.41 Å². The summed E-state index contributed by atoms with van der Waals surface area (Å²) >= 11 is 0. The van der Waals surface area contributed by atoms with E-state index in [-0.39, 0.29) is 0 Å². The number of aliphatic hydroxyl groups excluding tert-OH is 1. The largest absolute Gasteiger partial charge is 0.396 e. The zero-order valence-corrected chi connectivity index (χ0v) is 12.7. The standard InChI is InChI=1S/C15H32N2O/c1-13(2)17-9-6-14(7-10-17)16-12-15(3,4)8-5-11-18/h13-14,16,18H,5-12H2,1-4H3. The third-order valence-electron chi connectivity index (χ3n) is 4.14. The first-order valence-electron chi connectivity index (χ1n) is 7.53. The van der Waals surface area contributed by atoms with Crippen LogP contribution in [0.2, 0.25) is 0 Å². The van der Waals surface area contributed by atoms with E-state index in [1.807, 2.05) is 0 Å². The molecule has 1 saturated heterocycles. The second kappa shape index (κ2) is 7.46. The van der Waals surface area contributed by atoms with Crippen molar-refractivity contribution in [3.05, 3.63) is 0 Å². The lowest BCUT2D eigenvalue weighted by Crippen LogP contribution is -2.46. The highest BCUT2D eigenvalue weighted by Gasteiger charge is 2.23. The minimum Gasteiger partial charge on any atom is -0.396 e. The number of nitrogens with one attached hydrogen (secondary N) is 1. The quantitative estimate of drug-likeness (QED) is 0.733. The van der Waals surface area contributed by atoms with Gasteiger partial charge < -0.3 is 15.3 Å². The molecule has 3 nitrogen and oxygen atoms in total. The summed E-state index contributed by atoms with van der Waals surface area (Å²) in [5, 5.41) is 12.6. The zero-order chi connectivity index (χ0) is 13.6. The van der Waals surface area contributed by atoms with E-state index in [0.717, 1.165) is 19.4 Å². The zero-order valence-electron chi connectivity index (χ0n) is 12.7. The Kier molecular flexibility index (Phi) is 6.61. The van der Waals surface area contributed by atoms with Crippen molar-refractivity contribution in [2.45, 2.75) is 65.5 Å². The summed E-state index contributed by atoms with van der Waals surface area (Å²) < 4.78 is 0. The van der Waals surface area contributed by atoms with Crippen LogP contribution in [0.5, 0.6) is 0 Å². The van der Waals surface area contributed by atoms with Gasteiger partial charge in [0.05, 0.1) is 0 Å². The fourth-order valence-corrected chi connectivity index (χ4v) is 2.69. The molecule has 0 aliphatic carbocycles. The van der Waals surface area contributed by atoms with Crippen molar-refractivity contribution in [3.8, 4) is 0 Å². The fraction of sp³-hybridized carbons (Fsp3) is 1.00. The molecule has 0 aromatic carbocycles. The Bertz CT molecular complexity index is 221. The highest BCUT2D eigenvalue weighted by atomic mass is 16.2. The predicted molar refractivity (Wildman–Crippen MR) is 77.8 cm³/mol. The van der Waals surface area contributed by atoms with Crippen LogP contribution in [0.3, 0.4) is 0 Å². The number of hydrogen-bond donors (Lipinski definition) is 2. The minimum atomic E-state index is 0.303. The van der Waals surface area contributed by atoms with Gasteiger partial charge in [-0.2, -0.15) is 0 Å². The third kappa shape index (κ3) is 5.68. The maximum absolute atomic E-state index is 8.90. The van der Waals surface area contributed by atoms with Gasteiger partial charge in [-0.3, -0.25) is 0 Å². The molecule has 0 bridgehead atoms. The van der Waals surface area contributed by atoms with Crippen LogP contribution in [0.15, 0.2) is 0 Å². The Morgan fingerprint density at radius 3 is 2.39 bits per heavy atom. The lowest BCUT2D eigenvalue weighted by Gasteiger charge is -2.36. The summed E-state index contributed by atoms with van der Waals surface area (Å²) in [6.07, 6.45) is 4.56. The van der Waals surface area contributed by atoms with E-state index in [0.29, 0.717) is 24.1 Å². The van der Waals surface area contributed by atoms with Crippen molar-refractivity contribution in [1.82, 2.24) is 10.2 Å². The van der Waals surface area contributed by atoms with Crippen molar-refractivity contribution in [2.75, 3.05) is 26.2 Å². The first-order valence-corrected chi connectivity index (χ1v) is 7.53. The summed E-state index contributed by atoms with van der Waals surface area (Å²) in [4.78, 5) is 2.56. The van der Waals surface area contributed by atoms with E-state index in [4.69, 9.17) is 5.11 Å². The van der Waals surface area contributed by atoms with Crippen LogP contribution in [0, 0.1) is 5.41 Å². The Balaban J connectivity index is 2.21. The Hall–Kier alpha value is -0.120. The molecule has 2 N–H and O–H groups in total. The Labute approximate surface area is 113 Å². The van der Waals surface area contributed by atoms with Gasteiger partial charge in [0.15, 0.2) is 0 Å². The van der Waals surface area contributed by atoms with Gasteiger partial charge in [0.2, 0.25) is 0 Å². The Morgan fingerprint density at radius 2 is 1.89 bits per heavy atom. The number of piperidine rings is 1. The number of rotatable bonds is 7. The lowest BCUT2D eigenvalue weighted by atomic mass is 9.87. The van der Waals surface area contributed by atoms with Crippen LogP contribution in [0.25, 0.3) is 0 Å². The van der Waals surface area contributed by atoms with Crippen LogP contribution >= 0.6 is 0 Å². The van der Waals surface area contributed by atoms with E-state index >= 15 is 0 Å².